The lowest BCUT2D eigenvalue weighted by atomic mass is 10.0. The summed E-state index contributed by atoms with van der Waals surface area (Å²) in [5.74, 6) is 0.376. The van der Waals surface area contributed by atoms with Gasteiger partial charge in [0.2, 0.25) is 5.95 Å². The molecule has 7 nitrogen and oxygen atoms in total. The average Bonchev–Trinajstić information content (AvgIpc) is 3.03. The van der Waals surface area contributed by atoms with Crippen LogP contribution in [0.5, 0.6) is 0 Å². The number of nitrogens with zero attached hydrogens (tertiary/aromatic N) is 4. The number of rotatable bonds is 4. The molecule has 0 saturated carbocycles. The first kappa shape index (κ1) is 15.1. The highest BCUT2D eigenvalue weighted by molar-refractivity contribution is 5.74. The van der Waals surface area contributed by atoms with Crippen molar-refractivity contribution < 1.29 is 0 Å². The highest BCUT2D eigenvalue weighted by Gasteiger charge is 2.17. The fourth-order valence-electron chi connectivity index (χ4n) is 2.76. The van der Waals surface area contributed by atoms with E-state index in [2.05, 4.69) is 25.4 Å². The number of aryl methyl sites for hydroxylation is 1. The van der Waals surface area contributed by atoms with Gasteiger partial charge in [-0.1, -0.05) is 36.4 Å². The van der Waals surface area contributed by atoms with Crippen molar-refractivity contribution in [1.29, 1.82) is 0 Å². The number of fused-ring (bicyclic) bond motifs is 1. The molecule has 4 aromatic rings. The van der Waals surface area contributed by atoms with Crippen LogP contribution in [0.2, 0.25) is 0 Å². The smallest absolute Gasteiger partial charge is 0.263 e. The minimum absolute atomic E-state index is 0.228. The van der Waals surface area contributed by atoms with Gasteiger partial charge in [0, 0.05) is 13.2 Å². The quantitative estimate of drug-likeness (QED) is 0.598. The Morgan fingerprint density at radius 2 is 1.92 bits per heavy atom. The van der Waals surface area contributed by atoms with Crippen molar-refractivity contribution in [3.8, 4) is 0 Å². The molecular weight excluding hydrogens is 316 g/mol. The average molecular weight is 332 g/mol. The molecule has 4 rings (SSSR count). The summed E-state index contributed by atoms with van der Waals surface area (Å²) in [6.07, 6.45) is 3.26. The van der Waals surface area contributed by atoms with Crippen LogP contribution in [0.3, 0.4) is 0 Å². The first-order valence-electron chi connectivity index (χ1n) is 7.87. The van der Waals surface area contributed by atoms with Gasteiger partial charge in [-0.05, 0) is 17.7 Å². The SMILES string of the molecule is Cn1ncc2c(=O)[nH]c(NC(c3ccccc3)c3ccccn3)nc21. The first-order valence-corrected chi connectivity index (χ1v) is 7.87. The number of H-pyrrole nitrogens is 1. The van der Waals surface area contributed by atoms with Crippen LogP contribution in [-0.4, -0.2) is 24.7 Å². The van der Waals surface area contributed by atoms with Crippen LogP contribution in [0.15, 0.2) is 65.7 Å². The van der Waals surface area contributed by atoms with Gasteiger partial charge >= 0.3 is 0 Å². The zero-order valence-corrected chi connectivity index (χ0v) is 13.5. The molecule has 25 heavy (non-hydrogen) atoms. The number of anilines is 1. The molecule has 0 aliphatic rings. The molecule has 0 bridgehead atoms. The van der Waals surface area contributed by atoms with Gasteiger partial charge in [-0.2, -0.15) is 10.1 Å². The van der Waals surface area contributed by atoms with Crippen LogP contribution >= 0.6 is 0 Å². The Bertz CT molecular complexity index is 1020. The van der Waals surface area contributed by atoms with E-state index in [0.717, 1.165) is 11.3 Å². The van der Waals surface area contributed by atoms with Crippen LogP contribution in [0, 0.1) is 0 Å². The zero-order valence-electron chi connectivity index (χ0n) is 13.5. The van der Waals surface area contributed by atoms with E-state index < -0.39 is 0 Å². The van der Waals surface area contributed by atoms with Crippen LogP contribution in [-0.2, 0) is 7.05 Å². The van der Waals surface area contributed by atoms with Gasteiger partial charge in [0.05, 0.1) is 17.9 Å². The molecule has 1 atom stereocenters. The summed E-state index contributed by atoms with van der Waals surface area (Å²) in [7, 11) is 1.76. The minimum atomic E-state index is -0.240. The first-order chi connectivity index (χ1) is 12.2. The molecule has 3 aromatic heterocycles. The Hall–Kier alpha value is -3.48. The van der Waals surface area contributed by atoms with Crippen LogP contribution in [0.1, 0.15) is 17.3 Å². The van der Waals surface area contributed by atoms with Crippen molar-refractivity contribution in [3.63, 3.8) is 0 Å². The van der Waals surface area contributed by atoms with Crippen molar-refractivity contribution >= 4 is 17.0 Å². The molecule has 1 unspecified atom stereocenters. The zero-order chi connectivity index (χ0) is 17.2. The normalized spacial score (nSPS) is 12.2. The Morgan fingerprint density at radius 3 is 2.68 bits per heavy atom. The maximum Gasteiger partial charge on any atom is 0.263 e. The second-order valence-corrected chi connectivity index (χ2v) is 5.66. The summed E-state index contributed by atoms with van der Waals surface area (Å²) < 4.78 is 1.58. The number of hydrogen-bond acceptors (Lipinski definition) is 5. The fourth-order valence-corrected chi connectivity index (χ4v) is 2.76. The van der Waals surface area contributed by atoms with Crippen molar-refractivity contribution in [2.45, 2.75) is 6.04 Å². The Labute approximate surface area is 143 Å². The summed E-state index contributed by atoms with van der Waals surface area (Å²) in [6, 6.07) is 15.4. The van der Waals surface area contributed by atoms with E-state index in [-0.39, 0.29) is 11.6 Å². The summed E-state index contributed by atoms with van der Waals surface area (Å²) >= 11 is 0. The predicted octanol–water partition coefficient (Wildman–Crippen LogP) is 2.25. The van der Waals surface area contributed by atoms with Crippen molar-refractivity contribution in [2.24, 2.45) is 7.05 Å². The number of nitrogens with one attached hydrogen (secondary N) is 2. The van der Waals surface area contributed by atoms with Gasteiger partial charge in [-0.15, -0.1) is 0 Å². The standard InChI is InChI=1S/C18H16N6O/c1-24-16-13(11-20-24)17(25)23-18(22-16)21-15(12-7-3-2-4-8-12)14-9-5-6-10-19-14/h2-11,15H,1H3,(H2,21,22,23,25). The van der Waals surface area contributed by atoms with E-state index in [4.69, 9.17) is 0 Å². The van der Waals surface area contributed by atoms with Crippen LogP contribution in [0.25, 0.3) is 11.0 Å². The molecule has 2 N–H and O–H groups in total. The fraction of sp³-hybridized carbons (Fsp3) is 0.111. The summed E-state index contributed by atoms with van der Waals surface area (Å²) in [5, 5.41) is 7.84. The van der Waals surface area contributed by atoms with Crippen molar-refractivity contribution in [2.75, 3.05) is 5.32 Å². The molecule has 7 heteroatoms. The molecule has 0 amide bonds. The maximum atomic E-state index is 12.3. The predicted molar refractivity (Wildman–Crippen MR) is 95.3 cm³/mol. The number of aromatic nitrogens is 5. The largest absolute Gasteiger partial charge is 0.343 e. The molecule has 0 aliphatic carbocycles. The third-order valence-electron chi connectivity index (χ3n) is 4.00. The lowest BCUT2D eigenvalue weighted by Gasteiger charge is -2.19. The summed E-state index contributed by atoms with van der Waals surface area (Å²) in [4.78, 5) is 24.0. The number of pyridine rings is 1. The monoisotopic (exact) mass is 332 g/mol. The molecule has 0 saturated heterocycles. The third-order valence-corrected chi connectivity index (χ3v) is 4.00. The van der Waals surface area contributed by atoms with E-state index in [1.54, 1.807) is 17.9 Å². The van der Waals surface area contributed by atoms with E-state index in [1.165, 1.54) is 6.20 Å². The van der Waals surface area contributed by atoms with Gasteiger partial charge in [0.25, 0.3) is 5.56 Å². The van der Waals surface area contributed by atoms with Crippen molar-refractivity contribution in [1.82, 2.24) is 24.7 Å². The highest BCUT2D eigenvalue weighted by Crippen LogP contribution is 2.23. The number of aromatic amines is 1. The van der Waals surface area contributed by atoms with E-state index >= 15 is 0 Å². The highest BCUT2D eigenvalue weighted by atomic mass is 16.1. The molecule has 0 aliphatic heterocycles. The Morgan fingerprint density at radius 1 is 1.12 bits per heavy atom. The second kappa shape index (κ2) is 6.20. The molecule has 0 fully saturated rings. The Balaban J connectivity index is 1.79. The van der Waals surface area contributed by atoms with Crippen LogP contribution < -0.4 is 10.9 Å². The number of hydrogen-bond donors (Lipinski definition) is 2. The molecule has 0 radical (unpaired) electrons. The van der Waals surface area contributed by atoms with Gasteiger partial charge in [-0.25, -0.2) is 0 Å². The molecule has 1 aromatic carbocycles. The van der Waals surface area contributed by atoms with Crippen molar-refractivity contribution in [3.05, 3.63) is 82.5 Å². The Kier molecular flexibility index (Phi) is 3.74. The lowest BCUT2D eigenvalue weighted by molar-refractivity contribution is 0.783. The molecule has 3 heterocycles. The van der Waals surface area contributed by atoms with E-state index in [1.807, 2.05) is 48.5 Å². The van der Waals surface area contributed by atoms with Gasteiger partial charge in [0.15, 0.2) is 5.65 Å². The summed E-state index contributed by atoms with van der Waals surface area (Å²) in [5.41, 5.74) is 2.16. The molecular formula is C18H16N6O. The topological polar surface area (TPSA) is 88.5 Å². The third kappa shape index (κ3) is 2.87. The van der Waals surface area contributed by atoms with Gasteiger partial charge in [0.1, 0.15) is 5.39 Å². The van der Waals surface area contributed by atoms with Gasteiger partial charge in [-0.3, -0.25) is 19.4 Å². The molecule has 0 spiro atoms. The molecule has 124 valence electrons. The minimum Gasteiger partial charge on any atom is -0.343 e. The van der Waals surface area contributed by atoms with E-state index in [0.29, 0.717) is 17.0 Å². The second-order valence-electron chi connectivity index (χ2n) is 5.66. The number of benzene rings is 1. The summed E-state index contributed by atoms with van der Waals surface area (Å²) in [6.45, 7) is 0. The van der Waals surface area contributed by atoms with E-state index in [9.17, 15) is 4.79 Å². The maximum absolute atomic E-state index is 12.3. The van der Waals surface area contributed by atoms with Crippen LogP contribution in [0.4, 0.5) is 5.95 Å². The van der Waals surface area contributed by atoms with Gasteiger partial charge < -0.3 is 5.32 Å². The lowest BCUT2D eigenvalue weighted by Crippen LogP contribution is -2.19.